The molecule has 0 bridgehead atoms. The lowest BCUT2D eigenvalue weighted by molar-refractivity contribution is -0.167. The second kappa shape index (κ2) is 5.97. The van der Waals surface area contributed by atoms with Gasteiger partial charge < -0.3 is 4.89 Å². The van der Waals surface area contributed by atoms with Crippen molar-refractivity contribution >= 4 is 24.4 Å². The third-order valence-corrected chi connectivity index (χ3v) is 2.56. The molecule has 0 aliphatic rings. The van der Waals surface area contributed by atoms with E-state index in [9.17, 15) is 9.59 Å². The number of rotatable bonds is 4. The van der Waals surface area contributed by atoms with Crippen LogP contribution in [0.3, 0.4) is 0 Å². The van der Waals surface area contributed by atoms with Crippen LogP contribution in [0.2, 0.25) is 0 Å². The summed E-state index contributed by atoms with van der Waals surface area (Å²) in [5.74, 6) is -1.02. The smallest absolute Gasteiger partial charge is 0.304 e. The Balaban J connectivity index is 2.24. The topological polar surface area (TPSA) is 63.6 Å². The molecule has 0 aliphatic carbocycles. The van der Waals surface area contributed by atoms with Crippen LogP contribution in [0.1, 0.15) is 15.9 Å². The van der Waals surface area contributed by atoms with Crippen LogP contribution < -0.4 is 5.46 Å². The van der Waals surface area contributed by atoms with E-state index in [0.717, 1.165) is 7.28 Å². The zero-order valence-electron chi connectivity index (χ0n) is 9.95. The maximum absolute atomic E-state index is 12.2. The minimum atomic E-state index is -0.885. The van der Waals surface area contributed by atoms with E-state index in [1.54, 1.807) is 48.5 Å². The Labute approximate surface area is 110 Å². The molecule has 0 aliphatic heterocycles. The molecule has 19 heavy (non-hydrogen) atoms. The van der Waals surface area contributed by atoms with Crippen LogP contribution in [-0.4, -0.2) is 24.2 Å². The maximum Gasteiger partial charge on any atom is 0.304 e. The summed E-state index contributed by atoms with van der Waals surface area (Å²) < 4.78 is 0. The highest BCUT2D eigenvalue weighted by atomic mass is 17.1. The van der Waals surface area contributed by atoms with Gasteiger partial charge in [0, 0.05) is 11.1 Å². The SMILES string of the molecule is O=C([B]c1cccc(C(=O)c2ccccc2)c1)OO. The lowest BCUT2D eigenvalue weighted by Gasteiger charge is -2.03. The summed E-state index contributed by atoms with van der Waals surface area (Å²) in [5.41, 5.74) is 1.52. The van der Waals surface area contributed by atoms with E-state index in [4.69, 9.17) is 5.26 Å². The number of hydrogen-bond acceptors (Lipinski definition) is 4. The summed E-state index contributed by atoms with van der Waals surface area (Å²) in [4.78, 5) is 26.7. The minimum Gasteiger partial charge on any atom is -0.314 e. The van der Waals surface area contributed by atoms with E-state index in [0.29, 0.717) is 16.6 Å². The molecule has 0 unspecified atom stereocenters. The van der Waals surface area contributed by atoms with Crippen molar-refractivity contribution in [3.63, 3.8) is 0 Å². The molecule has 0 atom stereocenters. The van der Waals surface area contributed by atoms with Crippen LogP contribution in [-0.2, 0) is 4.89 Å². The predicted molar refractivity (Wildman–Crippen MR) is 70.8 cm³/mol. The first kappa shape index (κ1) is 13.0. The number of benzene rings is 2. The third-order valence-electron chi connectivity index (χ3n) is 2.56. The second-order valence-corrected chi connectivity index (χ2v) is 3.88. The third kappa shape index (κ3) is 3.30. The van der Waals surface area contributed by atoms with E-state index < -0.39 is 5.87 Å². The van der Waals surface area contributed by atoms with Gasteiger partial charge in [-0.3, -0.25) is 9.59 Å². The van der Waals surface area contributed by atoms with Crippen molar-refractivity contribution in [1.29, 1.82) is 0 Å². The fourth-order valence-corrected chi connectivity index (χ4v) is 1.69. The van der Waals surface area contributed by atoms with Crippen LogP contribution in [0.4, 0.5) is 4.79 Å². The maximum atomic E-state index is 12.2. The Morgan fingerprint density at radius 3 is 2.32 bits per heavy atom. The fraction of sp³-hybridized carbons (Fsp3) is 0. The van der Waals surface area contributed by atoms with E-state index in [2.05, 4.69) is 4.89 Å². The molecule has 0 heterocycles. The molecule has 5 heteroatoms. The molecule has 1 radical (unpaired) electrons. The normalized spacial score (nSPS) is 9.74. The predicted octanol–water partition coefficient (Wildman–Crippen LogP) is 1.86. The Bertz CT molecular complexity index is 595. The van der Waals surface area contributed by atoms with Gasteiger partial charge in [-0.25, -0.2) is 5.26 Å². The highest BCUT2D eigenvalue weighted by Crippen LogP contribution is 2.08. The molecule has 0 fully saturated rings. The first-order valence-corrected chi connectivity index (χ1v) is 5.60. The molecule has 1 N–H and O–H groups in total. The monoisotopic (exact) mass is 253 g/mol. The van der Waals surface area contributed by atoms with Gasteiger partial charge in [0.2, 0.25) is 0 Å². The fourth-order valence-electron chi connectivity index (χ4n) is 1.69. The van der Waals surface area contributed by atoms with Crippen molar-refractivity contribution in [1.82, 2.24) is 0 Å². The molecule has 0 spiro atoms. The van der Waals surface area contributed by atoms with Gasteiger partial charge in [0.1, 0.15) is 0 Å². The lowest BCUT2D eigenvalue weighted by Crippen LogP contribution is -2.24. The van der Waals surface area contributed by atoms with Crippen molar-refractivity contribution in [3.05, 3.63) is 65.7 Å². The lowest BCUT2D eigenvalue weighted by atomic mass is 9.70. The Hall–Kier alpha value is -2.40. The van der Waals surface area contributed by atoms with Crippen molar-refractivity contribution in [2.75, 3.05) is 0 Å². The van der Waals surface area contributed by atoms with Crippen LogP contribution in [0.15, 0.2) is 54.6 Å². The summed E-state index contributed by atoms with van der Waals surface area (Å²) in [5, 5.41) is 8.20. The molecule has 0 saturated heterocycles. The molecular weight excluding hydrogens is 243 g/mol. The number of carbonyl (C=O) groups is 2. The molecule has 0 amide bonds. The number of hydrogen-bond donors (Lipinski definition) is 1. The van der Waals surface area contributed by atoms with Crippen molar-refractivity contribution in [2.24, 2.45) is 0 Å². The van der Waals surface area contributed by atoms with Gasteiger partial charge in [-0.15, -0.1) is 0 Å². The minimum absolute atomic E-state index is 0.131. The molecule has 2 aromatic rings. The quantitative estimate of drug-likeness (QED) is 0.391. The molecule has 2 rings (SSSR count). The molecule has 4 nitrogen and oxygen atoms in total. The van der Waals surface area contributed by atoms with Gasteiger partial charge in [0.15, 0.2) is 5.78 Å². The van der Waals surface area contributed by atoms with Gasteiger partial charge in [0.05, 0.1) is 0 Å². The van der Waals surface area contributed by atoms with Gasteiger partial charge in [-0.1, -0.05) is 60.1 Å². The highest BCUT2D eigenvalue weighted by Gasteiger charge is 2.12. The van der Waals surface area contributed by atoms with Crippen LogP contribution >= 0.6 is 0 Å². The van der Waals surface area contributed by atoms with E-state index in [1.807, 2.05) is 6.07 Å². The molecule has 0 aromatic heterocycles. The van der Waals surface area contributed by atoms with Crippen molar-refractivity contribution in [2.45, 2.75) is 0 Å². The first-order valence-electron chi connectivity index (χ1n) is 5.60. The van der Waals surface area contributed by atoms with Crippen LogP contribution in [0.5, 0.6) is 0 Å². The van der Waals surface area contributed by atoms with Gasteiger partial charge in [-0.2, -0.15) is 0 Å². The Kier molecular flexibility index (Phi) is 4.10. The molecule has 0 saturated carbocycles. The summed E-state index contributed by atoms with van der Waals surface area (Å²) in [7, 11) is 1.10. The van der Waals surface area contributed by atoms with Crippen molar-refractivity contribution < 1.29 is 19.7 Å². The summed E-state index contributed by atoms with van der Waals surface area (Å²) >= 11 is 0. The van der Waals surface area contributed by atoms with Gasteiger partial charge in [0.25, 0.3) is 5.87 Å². The second-order valence-electron chi connectivity index (χ2n) is 3.88. The highest BCUT2D eigenvalue weighted by molar-refractivity contribution is 6.82. The molecular formula is C14H10BO4. The van der Waals surface area contributed by atoms with Crippen LogP contribution in [0.25, 0.3) is 0 Å². The molecule has 93 valence electrons. The standard InChI is InChI=1S/C14H10BO4/c16-13(10-5-2-1-3-6-10)11-7-4-8-12(9-11)15-14(17)19-18/h1-9,18H. The zero-order chi connectivity index (χ0) is 13.7. The average molecular weight is 253 g/mol. The summed E-state index contributed by atoms with van der Waals surface area (Å²) in [6.45, 7) is 0. The van der Waals surface area contributed by atoms with Crippen LogP contribution in [0, 0.1) is 0 Å². The van der Waals surface area contributed by atoms with Gasteiger partial charge >= 0.3 is 7.28 Å². The summed E-state index contributed by atoms with van der Waals surface area (Å²) in [6, 6.07) is 15.4. The van der Waals surface area contributed by atoms with Crippen molar-refractivity contribution in [3.8, 4) is 0 Å². The Morgan fingerprint density at radius 2 is 1.63 bits per heavy atom. The average Bonchev–Trinajstić information content (AvgIpc) is 2.47. The van der Waals surface area contributed by atoms with E-state index in [-0.39, 0.29) is 5.78 Å². The number of carbonyl (C=O) groups excluding carboxylic acids is 2. The largest absolute Gasteiger partial charge is 0.314 e. The molecule has 2 aromatic carbocycles. The number of ketones is 1. The Morgan fingerprint density at radius 1 is 0.947 bits per heavy atom. The zero-order valence-corrected chi connectivity index (χ0v) is 9.95. The van der Waals surface area contributed by atoms with E-state index >= 15 is 0 Å². The first-order chi connectivity index (χ1) is 9.20. The van der Waals surface area contributed by atoms with Gasteiger partial charge in [-0.05, 0) is 0 Å². The van der Waals surface area contributed by atoms with E-state index in [1.165, 1.54) is 0 Å². The summed E-state index contributed by atoms with van der Waals surface area (Å²) in [6.07, 6.45) is 0.